The van der Waals surface area contributed by atoms with Gasteiger partial charge in [0.1, 0.15) is 36.1 Å². The fourth-order valence-corrected chi connectivity index (χ4v) is 9.02. The first-order valence-electron chi connectivity index (χ1n) is 21.5. The number of carbonyl (C=O) groups excluding carboxylic acids is 5. The SMILES string of the molecule is CC[C@H](C)[C@H](NC(=O)[C@H](N)Cc1ccccc1)C(=O)N[C@@H](CCC(N)(C(=O)OCc1ccccc1)C1CC(C)CCN1)C(=O)N1CCC[C@]1(C=O)C1CC(C)CCN1. The van der Waals surface area contributed by atoms with Crippen LogP contribution < -0.4 is 32.7 Å². The van der Waals surface area contributed by atoms with Crippen LogP contribution in [-0.4, -0.2) is 95.8 Å². The van der Waals surface area contributed by atoms with Crippen LogP contribution in [0.5, 0.6) is 0 Å². The number of amides is 3. The molecule has 0 aliphatic carbocycles. The minimum absolute atomic E-state index is 0.00461. The lowest BCUT2D eigenvalue weighted by molar-refractivity contribution is -0.154. The summed E-state index contributed by atoms with van der Waals surface area (Å²) in [4.78, 5) is 72.1. The van der Waals surface area contributed by atoms with E-state index < -0.39 is 58.9 Å². The van der Waals surface area contributed by atoms with Crippen LogP contribution in [0.3, 0.4) is 0 Å². The average molecular weight is 802 g/mol. The van der Waals surface area contributed by atoms with Crippen LogP contribution in [0.2, 0.25) is 0 Å². The van der Waals surface area contributed by atoms with E-state index in [0.717, 1.165) is 43.2 Å². The van der Waals surface area contributed by atoms with Gasteiger partial charge in [0, 0.05) is 18.6 Å². The Morgan fingerprint density at radius 3 is 2.21 bits per heavy atom. The number of rotatable bonds is 18. The van der Waals surface area contributed by atoms with Crippen LogP contribution in [0.25, 0.3) is 0 Å². The highest BCUT2D eigenvalue weighted by Crippen LogP contribution is 2.37. The summed E-state index contributed by atoms with van der Waals surface area (Å²) in [6.45, 7) is 9.84. The molecule has 0 radical (unpaired) electrons. The number of likely N-dealkylation sites (tertiary alicyclic amines) is 1. The van der Waals surface area contributed by atoms with Gasteiger partial charge in [-0.05, 0) is 99.8 Å². The number of benzene rings is 2. The summed E-state index contributed by atoms with van der Waals surface area (Å²) < 4.78 is 5.89. The zero-order valence-electron chi connectivity index (χ0n) is 34.9. The van der Waals surface area contributed by atoms with Crippen molar-refractivity contribution in [2.75, 3.05) is 19.6 Å². The van der Waals surface area contributed by atoms with Crippen LogP contribution in [0, 0.1) is 17.8 Å². The van der Waals surface area contributed by atoms with Crippen molar-refractivity contribution in [2.24, 2.45) is 29.2 Å². The molecule has 318 valence electrons. The first-order valence-corrected chi connectivity index (χ1v) is 21.5. The predicted molar refractivity (Wildman–Crippen MR) is 224 cm³/mol. The first-order chi connectivity index (χ1) is 27.8. The van der Waals surface area contributed by atoms with E-state index in [4.69, 9.17) is 16.2 Å². The van der Waals surface area contributed by atoms with Gasteiger partial charge in [-0.15, -0.1) is 0 Å². The maximum absolute atomic E-state index is 15.0. The highest BCUT2D eigenvalue weighted by atomic mass is 16.5. The van der Waals surface area contributed by atoms with Crippen molar-refractivity contribution < 1.29 is 28.7 Å². The van der Waals surface area contributed by atoms with Gasteiger partial charge in [0.2, 0.25) is 17.7 Å². The molecule has 2 aromatic carbocycles. The van der Waals surface area contributed by atoms with Crippen molar-refractivity contribution in [3.8, 4) is 0 Å². The molecule has 3 heterocycles. The van der Waals surface area contributed by atoms with Crippen molar-refractivity contribution in [1.29, 1.82) is 0 Å². The number of carbonyl (C=O) groups is 5. The summed E-state index contributed by atoms with van der Waals surface area (Å²) in [6, 6.07) is 15.0. The molecule has 58 heavy (non-hydrogen) atoms. The lowest BCUT2D eigenvalue weighted by Gasteiger charge is -2.45. The molecule has 5 rings (SSSR count). The van der Waals surface area contributed by atoms with E-state index in [0.29, 0.717) is 50.6 Å². The van der Waals surface area contributed by atoms with Gasteiger partial charge in [0.15, 0.2) is 0 Å². The molecule has 5 unspecified atom stereocenters. The number of hydrogen-bond donors (Lipinski definition) is 6. The molecule has 3 amide bonds. The molecule has 3 aliphatic rings. The molecule has 0 saturated carbocycles. The minimum Gasteiger partial charge on any atom is -0.459 e. The van der Waals surface area contributed by atoms with Gasteiger partial charge in [0.05, 0.1) is 6.04 Å². The summed E-state index contributed by atoms with van der Waals surface area (Å²) in [5.41, 5.74) is 12.6. The first kappa shape index (κ1) is 44.9. The standard InChI is InChI=1S/C45H67N7O6/c1-5-32(4)39(51-40(54)35(46)27-33-13-8-6-9-14-33)41(55)50-36(42(56)52-24-12-20-44(52,29-53)37-25-30(2)18-22-48-37)17-21-45(47,38-26-31(3)19-23-49-38)43(57)58-28-34-15-10-7-11-16-34/h6-11,13-16,29-32,35-39,48-49H,5,12,17-28,46-47H2,1-4H3,(H,50,55)(H,51,54)/t30?,31?,32-,35+,36-,37?,38?,39-,44-,45?/m0/s1. The quantitative estimate of drug-likeness (QED) is 0.0963. The van der Waals surface area contributed by atoms with Crippen molar-refractivity contribution in [3.63, 3.8) is 0 Å². The number of aldehydes is 1. The Labute approximate surface area is 344 Å². The third-order valence-corrected chi connectivity index (χ3v) is 13.0. The molecule has 3 saturated heterocycles. The van der Waals surface area contributed by atoms with Crippen LogP contribution in [-0.2, 0) is 41.7 Å². The molecule has 0 aromatic heterocycles. The summed E-state index contributed by atoms with van der Waals surface area (Å²) in [6.07, 6.45) is 6.12. The Bertz CT molecular complexity index is 1680. The lowest BCUT2D eigenvalue weighted by atomic mass is 9.77. The third kappa shape index (κ3) is 10.9. The van der Waals surface area contributed by atoms with E-state index in [9.17, 15) is 19.2 Å². The van der Waals surface area contributed by atoms with Gasteiger partial charge in [-0.1, -0.05) is 94.8 Å². The predicted octanol–water partition coefficient (Wildman–Crippen LogP) is 3.13. The number of nitrogens with two attached hydrogens (primary N) is 2. The molecular weight excluding hydrogens is 735 g/mol. The molecule has 13 nitrogen and oxygen atoms in total. The Hall–Kier alpha value is -4.17. The summed E-state index contributed by atoms with van der Waals surface area (Å²) in [7, 11) is 0. The molecule has 0 bridgehead atoms. The largest absolute Gasteiger partial charge is 0.459 e. The smallest absolute Gasteiger partial charge is 0.328 e. The Balaban J connectivity index is 1.44. The van der Waals surface area contributed by atoms with E-state index >= 15 is 4.79 Å². The van der Waals surface area contributed by atoms with Crippen LogP contribution >= 0.6 is 0 Å². The second kappa shape index (κ2) is 20.7. The minimum atomic E-state index is -1.55. The fraction of sp³-hybridized carbons (Fsp3) is 0.622. The third-order valence-electron chi connectivity index (χ3n) is 13.0. The molecular formula is C45H67N7O6. The maximum atomic E-state index is 15.0. The van der Waals surface area contributed by atoms with Crippen LogP contribution in [0.15, 0.2) is 60.7 Å². The number of nitrogens with one attached hydrogen (secondary N) is 4. The molecule has 13 heteroatoms. The number of ether oxygens (including phenoxy) is 1. The lowest BCUT2D eigenvalue weighted by Crippen LogP contribution is -2.67. The van der Waals surface area contributed by atoms with Crippen molar-refractivity contribution in [1.82, 2.24) is 26.2 Å². The van der Waals surface area contributed by atoms with E-state index in [-0.39, 0.29) is 37.8 Å². The maximum Gasteiger partial charge on any atom is 0.328 e. The number of hydrogen-bond acceptors (Lipinski definition) is 10. The monoisotopic (exact) mass is 802 g/mol. The summed E-state index contributed by atoms with van der Waals surface area (Å²) >= 11 is 0. The van der Waals surface area contributed by atoms with E-state index in [1.165, 1.54) is 0 Å². The molecule has 3 aliphatic heterocycles. The second-order valence-corrected chi connectivity index (χ2v) is 17.3. The molecule has 0 spiro atoms. The highest BCUT2D eigenvalue weighted by molar-refractivity contribution is 5.94. The van der Waals surface area contributed by atoms with Gasteiger partial charge in [-0.2, -0.15) is 0 Å². The average Bonchev–Trinajstić information content (AvgIpc) is 3.68. The van der Waals surface area contributed by atoms with Gasteiger partial charge < -0.3 is 47.2 Å². The molecule has 8 N–H and O–H groups in total. The highest BCUT2D eigenvalue weighted by Gasteiger charge is 2.52. The number of esters is 1. The van der Waals surface area contributed by atoms with Crippen molar-refractivity contribution in [3.05, 3.63) is 71.8 Å². The Morgan fingerprint density at radius 2 is 1.59 bits per heavy atom. The number of piperidine rings is 2. The van der Waals surface area contributed by atoms with Gasteiger partial charge in [-0.25, -0.2) is 4.79 Å². The fourth-order valence-electron chi connectivity index (χ4n) is 9.02. The van der Waals surface area contributed by atoms with E-state index in [1.54, 1.807) is 4.90 Å². The second-order valence-electron chi connectivity index (χ2n) is 17.3. The summed E-state index contributed by atoms with van der Waals surface area (Å²) in [5, 5.41) is 12.9. The van der Waals surface area contributed by atoms with E-state index in [2.05, 4.69) is 35.1 Å². The topological polar surface area (TPSA) is 198 Å². The number of nitrogens with zero attached hydrogens (tertiary/aromatic N) is 1. The molecule has 2 aromatic rings. The van der Waals surface area contributed by atoms with Gasteiger partial charge in [0.25, 0.3) is 0 Å². The zero-order chi connectivity index (χ0) is 41.9. The van der Waals surface area contributed by atoms with E-state index in [1.807, 2.05) is 74.5 Å². The van der Waals surface area contributed by atoms with Gasteiger partial charge >= 0.3 is 5.97 Å². The molecule has 10 atom stereocenters. The Kier molecular flexibility index (Phi) is 16.0. The van der Waals surface area contributed by atoms with Crippen molar-refractivity contribution >= 4 is 30.0 Å². The van der Waals surface area contributed by atoms with Gasteiger partial charge in [-0.3, -0.25) is 14.4 Å². The zero-order valence-corrected chi connectivity index (χ0v) is 34.9. The Morgan fingerprint density at radius 1 is 0.948 bits per heavy atom. The van der Waals surface area contributed by atoms with Crippen LogP contribution in [0.4, 0.5) is 0 Å². The van der Waals surface area contributed by atoms with Crippen molar-refractivity contribution in [2.45, 2.75) is 140 Å². The summed E-state index contributed by atoms with van der Waals surface area (Å²) in [5.74, 6) is -1.69. The normalized spacial score (nSPS) is 26.6. The van der Waals surface area contributed by atoms with Crippen LogP contribution in [0.1, 0.15) is 96.6 Å². The molecule has 3 fully saturated rings.